The molecule has 5 rings (SSSR count). The summed E-state index contributed by atoms with van der Waals surface area (Å²) in [5.74, 6) is -1.46. The van der Waals surface area contributed by atoms with Gasteiger partial charge >= 0.3 is 7.82 Å². The minimum absolute atomic E-state index is 0.0970. The Labute approximate surface area is 93.1 Å². The highest BCUT2D eigenvalue weighted by Crippen LogP contribution is 2.89. The normalized spacial score (nSPS) is 64.6. The zero-order valence-corrected chi connectivity index (χ0v) is 10.3. The molecule has 5 fully saturated rings. The minimum atomic E-state index is -3.41. The minimum Gasteiger partial charge on any atom is -0.293 e. The monoisotopic (exact) mass is 244 g/mol. The summed E-state index contributed by atoms with van der Waals surface area (Å²) in [4.78, 5) is 12.4. The molecule has 16 heavy (non-hydrogen) atoms. The highest BCUT2D eigenvalue weighted by molar-refractivity contribution is 7.50. The average Bonchev–Trinajstić information content (AvgIpc) is 2.66. The van der Waals surface area contributed by atoms with E-state index >= 15 is 0 Å². The lowest BCUT2D eigenvalue weighted by atomic mass is 9.69. The number of hydrogen-bond donors (Lipinski definition) is 0. The fourth-order valence-electron chi connectivity index (χ4n) is 4.02. The molecule has 0 aromatic carbocycles. The fraction of sp³-hybridized carbons (Fsp3) is 0.900. The Morgan fingerprint density at radius 1 is 1.12 bits per heavy atom. The van der Waals surface area contributed by atoms with E-state index in [4.69, 9.17) is 13.6 Å². The SMILES string of the molecule is CC12CCC3(OP4(=O)OC3(O4)C1=O)C2(C)C. The quantitative estimate of drug-likeness (QED) is 0.610. The van der Waals surface area contributed by atoms with E-state index in [1.54, 1.807) is 0 Å². The van der Waals surface area contributed by atoms with Crippen LogP contribution in [0.15, 0.2) is 0 Å². The van der Waals surface area contributed by atoms with Gasteiger partial charge in [0.15, 0.2) is 0 Å². The summed E-state index contributed by atoms with van der Waals surface area (Å²) in [5.41, 5.74) is -1.74. The van der Waals surface area contributed by atoms with Crippen LogP contribution in [0.5, 0.6) is 0 Å². The van der Waals surface area contributed by atoms with Gasteiger partial charge in [-0.25, -0.2) is 13.6 Å². The second-order valence-corrected chi connectivity index (χ2v) is 7.39. The van der Waals surface area contributed by atoms with E-state index in [9.17, 15) is 9.36 Å². The number of carbonyl (C=O) groups excluding carboxylic acids is 1. The van der Waals surface area contributed by atoms with Crippen LogP contribution >= 0.6 is 7.82 Å². The molecule has 88 valence electrons. The van der Waals surface area contributed by atoms with Gasteiger partial charge in [-0.2, -0.15) is 0 Å². The number of rotatable bonds is 0. The summed E-state index contributed by atoms with van der Waals surface area (Å²) in [6.45, 7) is 5.89. The van der Waals surface area contributed by atoms with Crippen molar-refractivity contribution >= 4 is 13.6 Å². The fourth-order valence-corrected chi connectivity index (χ4v) is 6.02. The third kappa shape index (κ3) is 0.553. The van der Waals surface area contributed by atoms with Gasteiger partial charge in [-0.1, -0.05) is 20.8 Å². The molecule has 4 bridgehead atoms. The van der Waals surface area contributed by atoms with E-state index < -0.39 is 30.0 Å². The number of ketones is 1. The van der Waals surface area contributed by atoms with Crippen molar-refractivity contribution in [2.45, 2.75) is 45.0 Å². The predicted octanol–water partition coefficient (Wildman–Crippen LogP) is 2.02. The molecule has 0 N–H and O–H groups in total. The van der Waals surface area contributed by atoms with Crippen LogP contribution in [0.1, 0.15) is 33.6 Å². The van der Waals surface area contributed by atoms with Crippen LogP contribution in [0.25, 0.3) is 0 Å². The van der Waals surface area contributed by atoms with Crippen molar-refractivity contribution in [3.63, 3.8) is 0 Å². The van der Waals surface area contributed by atoms with E-state index in [0.717, 1.165) is 6.42 Å². The lowest BCUT2D eigenvalue weighted by Gasteiger charge is -2.38. The van der Waals surface area contributed by atoms with E-state index in [2.05, 4.69) is 0 Å². The van der Waals surface area contributed by atoms with E-state index in [1.807, 2.05) is 20.8 Å². The van der Waals surface area contributed by atoms with Gasteiger partial charge < -0.3 is 0 Å². The van der Waals surface area contributed by atoms with Crippen LogP contribution in [0.4, 0.5) is 0 Å². The highest BCUT2D eigenvalue weighted by atomic mass is 31.2. The third-order valence-corrected chi connectivity index (χ3v) is 6.94. The molecule has 0 aromatic rings. The van der Waals surface area contributed by atoms with Crippen LogP contribution in [0.3, 0.4) is 0 Å². The van der Waals surface area contributed by atoms with Crippen molar-refractivity contribution in [3.8, 4) is 0 Å². The van der Waals surface area contributed by atoms with Crippen LogP contribution < -0.4 is 0 Å². The molecule has 2 unspecified atom stereocenters. The lowest BCUT2D eigenvalue weighted by Crippen LogP contribution is -2.58. The van der Waals surface area contributed by atoms with Crippen molar-refractivity contribution < 1.29 is 22.9 Å². The summed E-state index contributed by atoms with van der Waals surface area (Å²) in [6.07, 6.45) is 1.42. The number of hydrogen-bond acceptors (Lipinski definition) is 5. The first-order chi connectivity index (χ1) is 7.23. The van der Waals surface area contributed by atoms with Crippen molar-refractivity contribution in [2.24, 2.45) is 10.8 Å². The van der Waals surface area contributed by atoms with Gasteiger partial charge in [-0.05, 0) is 12.8 Å². The molecule has 2 aliphatic carbocycles. The maximum Gasteiger partial charge on any atom is 0.481 e. The zero-order chi connectivity index (χ0) is 11.6. The molecular formula is C10H13O5P. The number of carbonyl (C=O) groups is 1. The maximum atomic E-state index is 12.4. The van der Waals surface area contributed by atoms with Crippen LogP contribution in [0, 0.1) is 10.8 Å². The summed E-state index contributed by atoms with van der Waals surface area (Å²) < 4.78 is 27.8. The van der Waals surface area contributed by atoms with E-state index in [-0.39, 0.29) is 5.78 Å². The van der Waals surface area contributed by atoms with Crippen LogP contribution in [0.2, 0.25) is 0 Å². The second-order valence-electron chi connectivity index (χ2n) is 5.95. The zero-order valence-electron chi connectivity index (χ0n) is 9.40. The Morgan fingerprint density at radius 3 is 2.31 bits per heavy atom. The first-order valence-corrected chi connectivity index (χ1v) is 6.96. The molecule has 2 saturated carbocycles. The van der Waals surface area contributed by atoms with Crippen molar-refractivity contribution in [3.05, 3.63) is 0 Å². The maximum absolute atomic E-state index is 12.4. The van der Waals surface area contributed by atoms with Gasteiger partial charge in [0.05, 0.1) is 0 Å². The summed E-state index contributed by atoms with van der Waals surface area (Å²) in [6, 6.07) is 0. The van der Waals surface area contributed by atoms with Crippen molar-refractivity contribution in [1.82, 2.24) is 0 Å². The molecule has 3 aliphatic heterocycles. The highest BCUT2D eigenvalue weighted by Gasteiger charge is 2.95. The molecule has 2 atom stereocenters. The van der Waals surface area contributed by atoms with Gasteiger partial charge in [-0.3, -0.25) is 9.32 Å². The Hall–Kier alpha value is -0.220. The first kappa shape index (κ1) is 9.77. The molecule has 0 aromatic heterocycles. The topological polar surface area (TPSA) is 61.8 Å². The Balaban J connectivity index is 2.05. The van der Waals surface area contributed by atoms with E-state index in [1.165, 1.54) is 0 Å². The van der Waals surface area contributed by atoms with Gasteiger partial charge in [0.1, 0.15) is 5.60 Å². The Bertz CT molecular complexity index is 487. The first-order valence-electron chi connectivity index (χ1n) is 5.50. The molecule has 0 radical (unpaired) electrons. The van der Waals surface area contributed by atoms with Crippen molar-refractivity contribution in [1.29, 1.82) is 0 Å². The second kappa shape index (κ2) is 1.97. The van der Waals surface area contributed by atoms with Crippen LogP contribution in [-0.4, -0.2) is 17.2 Å². The number of fused-ring (bicyclic) bond motifs is 1. The molecule has 3 saturated heterocycles. The molecule has 0 amide bonds. The smallest absolute Gasteiger partial charge is 0.293 e. The molecule has 5 aliphatic rings. The number of Topliss-reactive ketones (excluding diaryl/α,β-unsaturated/α-hetero) is 1. The Morgan fingerprint density at radius 2 is 1.75 bits per heavy atom. The van der Waals surface area contributed by atoms with E-state index in [0.29, 0.717) is 6.42 Å². The van der Waals surface area contributed by atoms with Gasteiger partial charge in [0.2, 0.25) is 5.78 Å². The van der Waals surface area contributed by atoms with Crippen LogP contribution in [-0.2, 0) is 22.9 Å². The molecule has 6 heteroatoms. The summed E-state index contributed by atoms with van der Waals surface area (Å²) in [5, 5.41) is 0. The van der Waals surface area contributed by atoms with Gasteiger partial charge in [0, 0.05) is 10.8 Å². The molecule has 5 nitrogen and oxygen atoms in total. The summed E-state index contributed by atoms with van der Waals surface area (Å²) in [7, 11) is -3.41. The lowest BCUT2D eigenvalue weighted by molar-refractivity contribution is -0.211. The van der Waals surface area contributed by atoms with Gasteiger partial charge in [0.25, 0.3) is 5.79 Å². The predicted molar refractivity (Wildman–Crippen MR) is 52.5 cm³/mol. The summed E-state index contributed by atoms with van der Waals surface area (Å²) >= 11 is 0. The standard InChI is InChI=1S/C10H13O5P/c1-7(2)8(3)4-5-9(7)10(6(8)11)14-16(12,13-9)15-10/h4-5H2,1-3H3. The Kier molecular flexibility index (Phi) is 1.20. The largest absolute Gasteiger partial charge is 0.481 e. The van der Waals surface area contributed by atoms with Crippen molar-refractivity contribution in [2.75, 3.05) is 0 Å². The molecule has 3 heterocycles. The number of phosphoric ester groups is 1. The molecular weight excluding hydrogens is 231 g/mol. The number of phosphoric acid groups is 1. The molecule has 2 spiro atoms. The van der Waals surface area contributed by atoms with Gasteiger partial charge in [-0.15, -0.1) is 0 Å². The third-order valence-electron chi connectivity index (χ3n) is 5.45. The average molecular weight is 244 g/mol.